The standard InChI is InChI=1S/C13H26N3O4P/c1-16(17)20-21(4,14)10-6-9-15-11-7-5-8-12(18-2)13(11)19-3/h5,7-8,15,17,21H,6,9-10,14H2,1-4H3. The summed E-state index contributed by atoms with van der Waals surface area (Å²) < 4.78 is 15.8. The molecule has 4 N–H and O–H groups in total. The van der Waals surface area contributed by atoms with Crippen LogP contribution in [0.15, 0.2) is 18.2 Å². The van der Waals surface area contributed by atoms with E-state index in [-0.39, 0.29) is 0 Å². The quantitative estimate of drug-likeness (QED) is 0.364. The summed E-state index contributed by atoms with van der Waals surface area (Å²) in [7, 11) is 2.27. The van der Waals surface area contributed by atoms with Crippen LogP contribution >= 0.6 is 7.64 Å². The molecule has 0 aliphatic heterocycles. The Bertz CT molecular complexity index is 443. The van der Waals surface area contributed by atoms with E-state index in [1.807, 2.05) is 24.9 Å². The van der Waals surface area contributed by atoms with Crippen LogP contribution in [0.3, 0.4) is 0 Å². The Morgan fingerprint density at radius 3 is 2.62 bits per heavy atom. The molecule has 21 heavy (non-hydrogen) atoms. The Morgan fingerprint density at radius 1 is 1.33 bits per heavy atom. The number of nitrogens with zero attached hydrogens (tertiary/aromatic N) is 1. The number of benzene rings is 1. The monoisotopic (exact) mass is 319 g/mol. The molecule has 0 fully saturated rings. The summed E-state index contributed by atoms with van der Waals surface area (Å²) in [5, 5.41) is 13.0. The predicted octanol–water partition coefficient (Wildman–Crippen LogP) is 1.93. The molecule has 0 amide bonds. The number of hydroxylamine groups is 2. The number of nitrogens with two attached hydrogens (primary N) is 1. The maximum atomic E-state index is 9.07. The van der Waals surface area contributed by atoms with Crippen LogP contribution in [-0.2, 0) is 4.62 Å². The minimum atomic E-state index is -2.36. The van der Waals surface area contributed by atoms with Gasteiger partial charge in [-0.05, 0) is 0 Å². The number of hydrogen-bond donors (Lipinski definition) is 3. The van der Waals surface area contributed by atoms with E-state index in [4.69, 9.17) is 24.8 Å². The van der Waals surface area contributed by atoms with E-state index in [0.29, 0.717) is 16.7 Å². The molecule has 0 saturated carbocycles. The Hall–Kier alpha value is -1.11. The number of hydrogen-bond acceptors (Lipinski definition) is 7. The second-order valence-corrected chi connectivity index (χ2v) is 8.25. The van der Waals surface area contributed by atoms with Gasteiger partial charge in [0.05, 0.1) is 0 Å². The van der Waals surface area contributed by atoms with Gasteiger partial charge in [-0.1, -0.05) is 0 Å². The number of methoxy groups -OCH3 is 2. The molecule has 0 bridgehead atoms. The van der Waals surface area contributed by atoms with Crippen molar-refractivity contribution >= 4 is 13.3 Å². The molecular weight excluding hydrogens is 293 g/mol. The van der Waals surface area contributed by atoms with Gasteiger partial charge >= 0.3 is 125 Å². The number of rotatable bonds is 9. The fraction of sp³-hybridized carbons (Fsp3) is 0.538. The number of ether oxygens (including phenoxy) is 2. The fourth-order valence-corrected chi connectivity index (χ4v) is 3.61. The molecule has 1 rings (SSSR count). The topological polar surface area (TPSA) is 89.2 Å². The molecule has 1 aromatic carbocycles. The van der Waals surface area contributed by atoms with E-state index in [9.17, 15) is 0 Å². The average Bonchev–Trinajstić information content (AvgIpc) is 2.41. The molecule has 0 heterocycles. The summed E-state index contributed by atoms with van der Waals surface area (Å²) >= 11 is 0. The molecule has 7 nitrogen and oxygen atoms in total. The summed E-state index contributed by atoms with van der Waals surface area (Å²) in [6, 6.07) is 5.67. The molecule has 0 aliphatic rings. The molecule has 0 radical (unpaired) electrons. The number of anilines is 1. The normalized spacial score (nSPS) is 12.3. The van der Waals surface area contributed by atoms with E-state index in [2.05, 4.69) is 5.32 Å². The number of para-hydroxylation sites is 1. The van der Waals surface area contributed by atoms with Crippen molar-refractivity contribution in [3.8, 4) is 11.5 Å². The van der Waals surface area contributed by atoms with Crippen LogP contribution in [0.25, 0.3) is 0 Å². The molecule has 0 spiro atoms. The molecular formula is C13H26N3O4P. The van der Waals surface area contributed by atoms with E-state index in [1.54, 1.807) is 14.2 Å². The van der Waals surface area contributed by atoms with Crippen molar-refractivity contribution in [2.75, 3.05) is 46.0 Å². The van der Waals surface area contributed by atoms with Gasteiger partial charge in [0.25, 0.3) is 0 Å². The maximum absolute atomic E-state index is 9.07. The first-order valence-electron chi connectivity index (χ1n) is 6.75. The van der Waals surface area contributed by atoms with Crippen LogP contribution in [0.1, 0.15) is 6.42 Å². The van der Waals surface area contributed by atoms with Gasteiger partial charge in [0.1, 0.15) is 0 Å². The minimum absolute atomic E-state index is 0.680. The van der Waals surface area contributed by atoms with Gasteiger partial charge in [0, 0.05) is 0 Å². The van der Waals surface area contributed by atoms with Crippen LogP contribution in [-0.4, -0.2) is 51.1 Å². The molecule has 0 aromatic heterocycles. The van der Waals surface area contributed by atoms with E-state index in [0.717, 1.165) is 24.8 Å². The van der Waals surface area contributed by atoms with Crippen LogP contribution in [0.4, 0.5) is 5.69 Å². The molecule has 0 unspecified atom stereocenters. The predicted molar refractivity (Wildman–Crippen MR) is 86.6 cm³/mol. The molecule has 0 atom stereocenters. The van der Waals surface area contributed by atoms with Gasteiger partial charge in [-0.25, -0.2) is 0 Å². The van der Waals surface area contributed by atoms with Gasteiger partial charge in [-0.15, -0.1) is 0 Å². The Morgan fingerprint density at radius 2 is 2.05 bits per heavy atom. The third kappa shape index (κ3) is 6.03. The molecule has 122 valence electrons. The van der Waals surface area contributed by atoms with Crippen molar-refractivity contribution in [1.29, 1.82) is 0 Å². The zero-order chi connectivity index (χ0) is 15.9. The first kappa shape index (κ1) is 17.9. The van der Waals surface area contributed by atoms with Gasteiger partial charge in [0.2, 0.25) is 0 Å². The Labute approximate surface area is 126 Å². The fourth-order valence-electron chi connectivity index (χ4n) is 2.04. The van der Waals surface area contributed by atoms with E-state index < -0.39 is 7.64 Å². The van der Waals surface area contributed by atoms with Gasteiger partial charge < -0.3 is 0 Å². The summed E-state index contributed by atoms with van der Waals surface area (Å²) in [6.45, 7) is 2.58. The summed E-state index contributed by atoms with van der Waals surface area (Å²) in [5.41, 5.74) is 6.91. The zero-order valence-electron chi connectivity index (χ0n) is 13.0. The summed E-state index contributed by atoms with van der Waals surface area (Å²) in [4.78, 5) is 0. The second-order valence-electron chi connectivity index (χ2n) is 4.94. The van der Waals surface area contributed by atoms with Gasteiger partial charge in [-0.2, -0.15) is 0 Å². The van der Waals surface area contributed by atoms with Gasteiger partial charge in [-0.3, -0.25) is 0 Å². The van der Waals surface area contributed by atoms with Crippen molar-refractivity contribution < 1.29 is 19.3 Å². The zero-order valence-corrected chi connectivity index (χ0v) is 14.0. The third-order valence-corrected chi connectivity index (χ3v) is 4.94. The first-order chi connectivity index (χ1) is 9.89. The van der Waals surface area contributed by atoms with Crippen LogP contribution in [0.2, 0.25) is 0 Å². The van der Waals surface area contributed by atoms with Crippen LogP contribution < -0.4 is 20.3 Å². The van der Waals surface area contributed by atoms with Crippen molar-refractivity contribution in [1.82, 2.24) is 5.23 Å². The summed E-state index contributed by atoms with van der Waals surface area (Å²) in [6.07, 6.45) is 1.55. The third-order valence-electron chi connectivity index (χ3n) is 2.91. The number of nitrogens with one attached hydrogen (secondary N) is 1. The Kier molecular flexibility index (Phi) is 7.14. The molecule has 0 saturated heterocycles. The van der Waals surface area contributed by atoms with Crippen molar-refractivity contribution in [3.63, 3.8) is 0 Å². The van der Waals surface area contributed by atoms with Crippen molar-refractivity contribution in [2.45, 2.75) is 6.42 Å². The van der Waals surface area contributed by atoms with E-state index in [1.165, 1.54) is 7.05 Å². The van der Waals surface area contributed by atoms with Crippen molar-refractivity contribution in [3.05, 3.63) is 18.2 Å². The van der Waals surface area contributed by atoms with Gasteiger partial charge in [0.15, 0.2) is 0 Å². The average molecular weight is 319 g/mol. The molecule has 1 aromatic rings. The van der Waals surface area contributed by atoms with Crippen LogP contribution in [0, 0.1) is 0 Å². The first-order valence-corrected chi connectivity index (χ1v) is 9.44. The second kappa shape index (κ2) is 8.36. The summed E-state index contributed by atoms with van der Waals surface area (Å²) in [5.74, 6) is 1.37. The SMILES string of the molecule is COc1cccc(NCCC[PH](C)(N)ON(C)O)c1OC. The van der Waals surface area contributed by atoms with E-state index >= 15 is 0 Å². The van der Waals surface area contributed by atoms with Crippen molar-refractivity contribution in [2.24, 2.45) is 5.50 Å². The molecule has 8 heteroatoms. The molecule has 0 aliphatic carbocycles. The Balaban J connectivity index is 2.50. The van der Waals surface area contributed by atoms with Crippen LogP contribution in [0.5, 0.6) is 11.5 Å².